The van der Waals surface area contributed by atoms with Crippen LogP contribution in [-0.4, -0.2) is 29.5 Å². The molecule has 0 radical (unpaired) electrons. The standard InChI is InChI=1S/C14H21N3O2/c1-11-6-8-16(9-7-11)14(10-15)12-4-2-3-5-13(12)17(18)19/h2-5,11,14H,6-10,15H2,1H3. The topological polar surface area (TPSA) is 72.4 Å². The number of hydrogen-bond donors (Lipinski definition) is 1. The Hall–Kier alpha value is -1.46. The van der Waals surface area contributed by atoms with Crippen molar-refractivity contribution in [1.82, 2.24) is 4.90 Å². The lowest BCUT2D eigenvalue weighted by Crippen LogP contribution is -2.39. The molecule has 104 valence electrons. The maximum Gasteiger partial charge on any atom is 0.274 e. The van der Waals surface area contributed by atoms with Gasteiger partial charge in [-0.25, -0.2) is 0 Å². The van der Waals surface area contributed by atoms with Crippen LogP contribution in [0.5, 0.6) is 0 Å². The average Bonchev–Trinajstić information content (AvgIpc) is 2.42. The molecule has 0 bridgehead atoms. The highest BCUT2D eigenvalue weighted by atomic mass is 16.6. The summed E-state index contributed by atoms with van der Waals surface area (Å²) in [6, 6.07) is 6.89. The highest BCUT2D eigenvalue weighted by Crippen LogP contribution is 2.31. The molecule has 5 nitrogen and oxygen atoms in total. The first-order valence-corrected chi connectivity index (χ1v) is 6.81. The SMILES string of the molecule is CC1CCN(C(CN)c2ccccc2[N+](=O)[O-])CC1. The maximum atomic E-state index is 11.1. The molecule has 2 rings (SSSR count). The van der Waals surface area contributed by atoms with E-state index < -0.39 is 0 Å². The minimum Gasteiger partial charge on any atom is -0.329 e. The Labute approximate surface area is 113 Å². The highest BCUT2D eigenvalue weighted by molar-refractivity contribution is 5.42. The molecule has 1 aliphatic heterocycles. The van der Waals surface area contributed by atoms with Crippen LogP contribution in [0.25, 0.3) is 0 Å². The van der Waals surface area contributed by atoms with E-state index in [1.54, 1.807) is 12.1 Å². The number of nitro groups is 1. The van der Waals surface area contributed by atoms with E-state index in [9.17, 15) is 10.1 Å². The summed E-state index contributed by atoms with van der Waals surface area (Å²) in [7, 11) is 0. The number of nitrogens with two attached hydrogens (primary N) is 1. The van der Waals surface area contributed by atoms with Gasteiger partial charge in [-0.2, -0.15) is 0 Å². The lowest BCUT2D eigenvalue weighted by atomic mass is 9.95. The molecule has 19 heavy (non-hydrogen) atoms. The predicted octanol–water partition coefficient (Wildman–Crippen LogP) is 2.33. The molecule has 0 saturated carbocycles. The number of piperidine rings is 1. The molecule has 0 spiro atoms. The molecule has 1 heterocycles. The van der Waals surface area contributed by atoms with Crippen LogP contribution < -0.4 is 5.73 Å². The summed E-state index contributed by atoms with van der Waals surface area (Å²) < 4.78 is 0. The molecule has 2 N–H and O–H groups in total. The van der Waals surface area contributed by atoms with Crippen molar-refractivity contribution in [3.05, 3.63) is 39.9 Å². The van der Waals surface area contributed by atoms with Gasteiger partial charge >= 0.3 is 0 Å². The van der Waals surface area contributed by atoms with Crippen molar-refractivity contribution in [3.63, 3.8) is 0 Å². The fourth-order valence-corrected chi connectivity index (χ4v) is 2.75. The summed E-state index contributed by atoms with van der Waals surface area (Å²) >= 11 is 0. The Kier molecular flexibility index (Phi) is 4.50. The van der Waals surface area contributed by atoms with E-state index in [0.717, 1.165) is 37.4 Å². The Balaban J connectivity index is 2.24. The second-order valence-corrected chi connectivity index (χ2v) is 5.29. The Morgan fingerprint density at radius 3 is 2.63 bits per heavy atom. The predicted molar refractivity (Wildman–Crippen MR) is 74.9 cm³/mol. The zero-order valence-electron chi connectivity index (χ0n) is 11.3. The summed E-state index contributed by atoms with van der Waals surface area (Å²) in [5.74, 6) is 0.737. The van der Waals surface area contributed by atoms with Gasteiger partial charge in [-0.05, 0) is 31.8 Å². The Morgan fingerprint density at radius 1 is 1.42 bits per heavy atom. The average molecular weight is 263 g/mol. The molecule has 1 atom stereocenters. The molecule has 1 aliphatic rings. The van der Waals surface area contributed by atoms with Gasteiger partial charge in [0.05, 0.1) is 11.0 Å². The monoisotopic (exact) mass is 263 g/mol. The van der Waals surface area contributed by atoms with Crippen LogP contribution in [0.2, 0.25) is 0 Å². The van der Waals surface area contributed by atoms with Crippen LogP contribution in [0.4, 0.5) is 5.69 Å². The summed E-state index contributed by atoms with van der Waals surface area (Å²) in [4.78, 5) is 13.1. The lowest BCUT2D eigenvalue weighted by molar-refractivity contribution is -0.386. The van der Waals surface area contributed by atoms with Crippen LogP contribution in [0.3, 0.4) is 0 Å². The van der Waals surface area contributed by atoms with Crippen molar-refractivity contribution in [3.8, 4) is 0 Å². The Morgan fingerprint density at radius 2 is 2.05 bits per heavy atom. The minimum absolute atomic E-state index is 0.0471. The smallest absolute Gasteiger partial charge is 0.274 e. The zero-order chi connectivity index (χ0) is 13.8. The fourth-order valence-electron chi connectivity index (χ4n) is 2.75. The summed E-state index contributed by atoms with van der Waals surface area (Å²) in [6.45, 7) is 4.60. The number of likely N-dealkylation sites (tertiary alicyclic amines) is 1. The summed E-state index contributed by atoms with van der Waals surface area (Å²) in [6.07, 6.45) is 2.27. The number of para-hydroxylation sites is 1. The van der Waals surface area contributed by atoms with Crippen LogP contribution in [0, 0.1) is 16.0 Å². The number of nitrogens with zero attached hydrogens (tertiary/aromatic N) is 2. The molecule has 0 aromatic heterocycles. The van der Waals surface area contributed by atoms with Crippen LogP contribution in [0.15, 0.2) is 24.3 Å². The van der Waals surface area contributed by atoms with Crippen molar-refractivity contribution in [2.24, 2.45) is 11.7 Å². The molecule has 1 aromatic rings. The molecule has 0 amide bonds. The zero-order valence-corrected chi connectivity index (χ0v) is 11.3. The van der Waals surface area contributed by atoms with E-state index >= 15 is 0 Å². The van der Waals surface area contributed by atoms with Gasteiger partial charge in [0.15, 0.2) is 0 Å². The Bertz CT molecular complexity index is 442. The third kappa shape index (κ3) is 3.11. The summed E-state index contributed by atoms with van der Waals surface area (Å²) in [5, 5.41) is 11.1. The van der Waals surface area contributed by atoms with E-state index in [4.69, 9.17) is 5.73 Å². The first-order chi connectivity index (χ1) is 9.13. The van der Waals surface area contributed by atoms with Crippen LogP contribution >= 0.6 is 0 Å². The van der Waals surface area contributed by atoms with E-state index in [1.807, 2.05) is 12.1 Å². The van der Waals surface area contributed by atoms with E-state index in [2.05, 4.69) is 11.8 Å². The first-order valence-electron chi connectivity index (χ1n) is 6.81. The van der Waals surface area contributed by atoms with Crippen molar-refractivity contribution in [1.29, 1.82) is 0 Å². The van der Waals surface area contributed by atoms with Crippen LogP contribution in [0.1, 0.15) is 31.4 Å². The van der Waals surface area contributed by atoms with Gasteiger partial charge in [0.1, 0.15) is 0 Å². The van der Waals surface area contributed by atoms with Gasteiger partial charge in [0, 0.05) is 18.2 Å². The number of nitro benzene ring substituents is 1. The molecule has 1 fully saturated rings. The van der Waals surface area contributed by atoms with Gasteiger partial charge in [-0.1, -0.05) is 25.1 Å². The quantitative estimate of drug-likeness (QED) is 0.668. The highest BCUT2D eigenvalue weighted by Gasteiger charge is 2.28. The molecule has 5 heteroatoms. The van der Waals surface area contributed by atoms with E-state index in [-0.39, 0.29) is 16.7 Å². The fraction of sp³-hybridized carbons (Fsp3) is 0.571. The number of benzene rings is 1. The molecule has 1 saturated heterocycles. The number of hydrogen-bond acceptors (Lipinski definition) is 4. The van der Waals surface area contributed by atoms with E-state index in [1.165, 1.54) is 0 Å². The van der Waals surface area contributed by atoms with Crippen LogP contribution in [-0.2, 0) is 0 Å². The van der Waals surface area contributed by atoms with Gasteiger partial charge < -0.3 is 5.73 Å². The van der Waals surface area contributed by atoms with Crippen molar-refractivity contribution >= 4 is 5.69 Å². The molecule has 1 unspecified atom stereocenters. The number of rotatable bonds is 4. The maximum absolute atomic E-state index is 11.1. The summed E-state index contributed by atoms with van der Waals surface area (Å²) in [5.41, 5.74) is 6.79. The second kappa shape index (κ2) is 6.12. The van der Waals surface area contributed by atoms with Gasteiger partial charge in [-0.3, -0.25) is 15.0 Å². The normalized spacial score (nSPS) is 19.3. The third-order valence-corrected chi connectivity index (χ3v) is 3.97. The third-order valence-electron chi connectivity index (χ3n) is 3.97. The largest absolute Gasteiger partial charge is 0.329 e. The first kappa shape index (κ1) is 14.0. The van der Waals surface area contributed by atoms with Crippen molar-refractivity contribution in [2.75, 3.05) is 19.6 Å². The lowest BCUT2D eigenvalue weighted by Gasteiger charge is -2.36. The molecular weight excluding hydrogens is 242 g/mol. The van der Waals surface area contributed by atoms with Gasteiger partial charge in [-0.15, -0.1) is 0 Å². The molecule has 0 aliphatic carbocycles. The van der Waals surface area contributed by atoms with Crippen molar-refractivity contribution in [2.45, 2.75) is 25.8 Å². The minimum atomic E-state index is -0.315. The molecule has 1 aromatic carbocycles. The van der Waals surface area contributed by atoms with Crippen molar-refractivity contribution < 1.29 is 4.92 Å². The van der Waals surface area contributed by atoms with Gasteiger partial charge in [0.2, 0.25) is 0 Å². The van der Waals surface area contributed by atoms with Gasteiger partial charge in [0.25, 0.3) is 5.69 Å². The molecular formula is C14H21N3O2. The van der Waals surface area contributed by atoms with E-state index in [0.29, 0.717) is 6.54 Å². The second-order valence-electron chi connectivity index (χ2n) is 5.29.